The smallest absolute Gasteiger partial charge is 0.241 e. The molecule has 1 amide bonds. The standard InChI is InChI=1S/C25H36ClN5O2/c1-18-13-19(2)15-30(14-18)12-4-10-27-25(32)21-5-3-11-31(16-21)17-23-28-24(29-33-23)20-6-8-22(26)9-7-20/h6-9,18-19,21H,3-5,10-17H2,1-2H3,(H,27,32). The monoisotopic (exact) mass is 473 g/mol. The van der Waals surface area contributed by atoms with Crippen molar-refractivity contribution in [1.82, 2.24) is 25.3 Å². The third kappa shape index (κ3) is 7.01. The SMILES string of the molecule is CC1CC(C)CN(CCCNC(=O)C2CCCN(Cc3nc(-c4ccc(Cl)cc4)no3)C2)C1. The van der Waals surface area contributed by atoms with Crippen molar-refractivity contribution in [3.05, 3.63) is 35.2 Å². The number of rotatable bonds is 8. The van der Waals surface area contributed by atoms with E-state index in [-0.39, 0.29) is 11.8 Å². The zero-order valence-electron chi connectivity index (χ0n) is 19.8. The van der Waals surface area contributed by atoms with Gasteiger partial charge in [-0.2, -0.15) is 4.98 Å². The molecule has 0 spiro atoms. The second-order valence-corrected chi connectivity index (χ2v) is 10.4. The first-order chi connectivity index (χ1) is 16.0. The number of hydrogen-bond donors (Lipinski definition) is 1. The van der Waals surface area contributed by atoms with Crippen LogP contribution in [0.15, 0.2) is 28.8 Å². The van der Waals surface area contributed by atoms with Crippen LogP contribution in [0.2, 0.25) is 5.02 Å². The fraction of sp³-hybridized carbons (Fsp3) is 0.640. The van der Waals surface area contributed by atoms with Gasteiger partial charge in [-0.15, -0.1) is 0 Å². The highest BCUT2D eigenvalue weighted by Gasteiger charge is 2.27. The van der Waals surface area contributed by atoms with Crippen LogP contribution < -0.4 is 5.32 Å². The van der Waals surface area contributed by atoms with Gasteiger partial charge in [0.2, 0.25) is 17.6 Å². The van der Waals surface area contributed by atoms with Gasteiger partial charge in [0.1, 0.15) is 0 Å². The molecule has 8 heteroatoms. The van der Waals surface area contributed by atoms with Crippen LogP contribution in [0.25, 0.3) is 11.4 Å². The summed E-state index contributed by atoms with van der Waals surface area (Å²) in [6, 6.07) is 7.39. The Labute approximate surface area is 201 Å². The number of halogens is 1. The summed E-state index contributed by atoms with van der Waals surface area (Å²) in [5.74, 6) is 2.88. The number of carbonyl (C=O) groups is 1. The second kappa shape index (κ2) is 11.4. The molecule has 3 heterocycles. The average molecular weight is 474 g/mol. The molecule has 180 valence electrons. The van der Waals surface area contributed by atoms with E-state index in [1.165, 1.54) is 19.5 Å². The topological polar surface area (TPSA) is 74.5 Å². The fourth-order valence-electron chi connectivity index (χ4n) is 5.27. The van der Waals surface area contributed by atoms with E-state index < -0.39 is 0 Å². The summed E-state index contributed by atoms with van der Waals surface area (Å²) in [5.41, 5.74) is 0.874. The number of likely N-dealkylation sites (tertiary alicyclic amines) is 2. The molecule has 1 aromatic carbocycles. The lowest BCUT2D eigenvalue weighted by molar-refractivity contribution is -0.126. The van der Waals surface area contributed by atoms with E-state index in [0.717, 1.165) is 62.8 Å². The number of piperidine rings is 2. The maximum absolute atomic E-state index is 12.8. The molecule has 1 N–H and O–H groups in total. The molecule has 0 saturated carbocycles. The van der Waals surface area contributed by atoms with Gasteiger partial charge < -0.3 is 14.7 Å². The number of amides is 1. The Morgan fingerprint density at radius 2 is 1.91 bits per heavy atom. The number of aromatic nitrogens is 2. The van der Waals surface area contributed by atoms with E-state index >= 15 is 0 Å². The van der Waals surface area contributed by atoms with Crippen LogP contribution in [0.4, 0.5) is 0 Å². The van der Waals surface area contributed by atoms with Gasteiger partial charge in [0.05, 0.1) is 12.5 Å². The molecular formula is C25H36ClN5O2. The van der Waals surface area contributed by atoms with Gasteiger partial charge in [0.25, 0.3) is 0 Å². The maximum Gasteiger partial charge on any atom is 0.241 e. The lowest BCUT2D eigenvalue weighted by atomic mass is 9.92. The van der Waals surface area contributed by atoms with E-state index in [2.05, 4.69) is 39.1 Å². The van der Waals surface area contributed by atoms with E-state index in [0.29, 0.717) is 23.3 Å². The molecule has 3 atom stereocenters. The molecule has 7 nitrogen and oxygen atoms in total. The summed E-state index contributed by atoms with van der Waals surface area (Å²) < 4.78 is 5.46. The Morgan fingerprint density at radius 1 is 1.15 bits per heavy atom. The Bertz CT molecular complexity index is 892. The minimum absolute atomic E-state index is 0.0208. The average Bonchev–Trinajstić information content (AvgIpc) is 3.25. The predicted octanol–water partition coefficient (Wildman–Crippen LogP) is 4.09. The number of hydrogen-bond acceptors (Lipinski definition) is 6. The number of nitrogens with one attached hydrogen (secondary N) is 1. The Morgan fingerprint density at radius 3 is 2.67 bits per heavy atom. The molecule has 33 heavy (non-hydrogen) atoms. The Kier molecular flexibility index (Phi) is 8.39. The van der Waals surface area contributed by atoms with Gasteiger partial charge in [-0.05, 0) is 74.9 Å². The maximum atomic E-state index is 12.8. The quantitative estimate of drug-likeness (QED) is 0.582. The van der Waals surface area contributed by atoms with Gasteiger partial charge in [0, 0.05) is 36.8 Å². The summed E-state index contributed by atoms with van der Waals surface area (Å²) >= 11 is 5.95. The van der Waals surface area contributed by atoms with E-state index in [4.69, 9.17) is 16.1 Å². The van der Waals surface area contributed by atoms with Crippen molar-refractivity contribution in [2.45, 2.75) is 46.1 Å². The van der Waals surface area contributed by atoms with Crippen LogP contribution in [0.3, 0.4) is 0 Å². The van der Waals surface area contributed by atoms with Crippen LogP contribution in [0, 0.1) is 17.8 Å². The summed E-state index contributed by atoms with van der Waals surface area (Å²) in [4.78, 5) is 22.1. The summed E-state index contributed by atoms with van der Waals surface area (Å²) in [6.07, 6.45) is 4.28. The number of nitrogens with zero attached hydrogens (tertiary/aromatic N) is 4. The van der Waals surface area contributed by atoms with Crippen molar-refractivity contribution in [2.75, 3.05) is 39.3 Å². The summed E-state index contributed by atoms with van der Waals surface area (Å²) in [6.45, 7) is 11.1. The third-order valence-corrected chi connectivity index (χ3v) is 6.95. The number of benzene rings is 1. The molecule has 2 saturated heterocycles. The van der Waals surface area contributed by atoms with Crippen molar-refractivity contribution in [3.8, 4) is 11.4 Å². The van der Waals surface area contributed by atoms with Crippen molar-refractivity contribution in [2.24, 2.45) is 17.8 Å². The first-order valence-corrected chi connectivity index (χ1v) is 12.6. The van der Waals surface area contributed by atoms with Gasteiger partial charge in [-0.1, -0.05) is 30.6 Å². The Hall–Kier alpha value is -1.96. The highest BCUT2D eigenvalue weighted by Crippen LogP contribution is 2.22. The normalized spacial score (nSPS) is 24.6. The second-order valence-electron chi connectivity index (χ2n) is 9.94. The van der Waals surface area contributed by atoms with Crippen molar-refractivity contribution in [3.63, 3.8) is 0 Å². The zero-order valence-corrected chi connectivity index (χ0v) is 20.6. The van der Waals surface area contributed by atoms with Crippen molar-refractivity contribution in [1.29, 1.82) is 0 Å². The van der Waals surface area contributed by atoms with Crippen molar-refractivity contribution >= 4 is 17.5 Å². The molecule has 0 radical (unpaired) electrons. The molecule has 2 fully saturated rings. The Balaban J connectivity index is 1.20. The third-order valence-electron chi connectivity index (χ3n) is 6.70. The summed E-state index contributed by atoms with van der Waals surface area (Å²) in [5, 5.41) is 7.95. The molecule has 1 aromatic heterocycles. The highest BCUT2D eigenvalue weighted by molar-refractivity contribution is 6.30. The fourth-order valence-corrected chi connectivity index (χ4v) is 5.40. The minimum Gasteiger partial charge on any atom is -0.356 e. The van der Waals surface area contributed by atoms with Gasteiger partial charge in [-0.3, -0.25) is 9.69 Å². The van der Waals surface area contributed by atoms with Crippen LogP contribution >= 0.6 is 11.6 Å². The first-order valence-electron chi connectivity index (χ1n) is 12.3. The van der Waals surface area contributed by atoms with E-state index in [1.54, 1.807) is 0 Å². The lowest BCUT2D eigenvalue weighted by Crippen LogP contribution is -2.43. The van der Waals surface area contributed by atoms with Crippen LogP contribution in [-0.4, -0.2) is 65.1 Å². The molecule has 2 aromatic rings. The molecule has 0 aliphatic carbocycles. The molecule has 4 rings (SSSR count). The predicted molar refractivity (Wildman–Crippen MR) is 130 cm³/mol. The zero-order chi connectivity index (χ0) is 23.2. The highest BCUT2D eigenvalue weighted by atomic mass is 35.5. The van der Waals surface area contributed by atoms with Gasteiger partial charge in [-0.25, -0.2) is 0 Å². The van der Waals surface area contributed by atoms with Crippen LogP contribution in [-0.2, 0) is 11.3 Å². The summed E-state index contributed by atoms with van der Waals surface area (Å²) in [7, 11) is 0. The van der Waals surface area contributed by atoms with Crippen LogP contribution in [0.1, 0.15) is 45.4 Å². The van der Waals surface area contributed by atoms with Gasteiger partial charge in [0.15, 0.2) is 0 Å². The molecule has 2 aliphatic heterocycles. The lowest BCUT2D eigenvalue weighted by Gasteiger charge is -2.35. The molecular weight excluding hydrogens is 438 g/mol. The largest absolute Gasteiger partial charge is 0.356 e. The number of carbonyl (C=O) groups excluding carboxylic acids is 1. The minimum atomic E-state index is 0.0208. The van der Waals surface area contributed by atoms with Crippen molar-refractivity contribution < 1.29 is 9.32 Å². The first kappa shape index (κ1) is 24.2. The van der Waals surface area contributed by atoms with Crippen LogP contribution in [0.5, 0.6) is 0 Å². The molecule has 2 aliphatic rings. The van der Waals surface area contributed by atoms with Gasteiger partial charge >= 0.3 is 0 Å². The van der Waals surface area contributed by atoms with E-state index in [9.17, 15) is 4.79 Å². The molecule has 0 bridgehead atoms. The molecule has 3 unspecified atom stereocenters. The van der Waals surface area contributed by atoms with E-state index in [1.807, 2.05) is 24.3 Å².